The summed E-state index contributed by atoms with van der Waals surface area (Å²) in [5, 5.41) is 5.10. The highest BCUT2D eigenvalue weighted by atomic mass is 32.1. The third kappa shape index (κ3) is 5.66. The van der Waals surface area contributed by atoms with Gasteiger partial charge in [0, 0.05) is 11.6 Å². The molecular weight excluding hydrogens is 436 g/mol. The van der Waals surface area contributed by atoms with Crippen molar-refractivity contribution < 1.29 is 18.7 Å². The monoisotopic (exact) mass is 466 g/mol. The van der Waals surface area contributed by atoms with E-state index in [0.29, 0.717) is 28.6 Å². The topological polar surface area (TPSA) is 71.8 Å². The van der Waals surface area contributed by atoms with Gasteiger partial charge in [0.15, 0.2) is 0 Å². The van der Waals surface area contributed by atoms with Gasteiger partial charge in [0.1, 0.15) is 17.6 Å². The van der Waals surface area contributed by atoms with Crippen molar-refractivity contribution in [2.45, 2.75) is 57.7 Å². The predicted molar refractivity (Wildman–Crippen MR) is 128 cm³/mol. The van der Waals surface area contributed by atoms with Crippen molar-refractivity contribution in [3.05, 3.63) is 76.4 Å². The van der Waals surface area contributed by atoms with Crippen molar-refractivity contribution in [2.75, 3.05) is 6.61 Å². The van der Waals surface area contributed by atoms with Crippen LogP contribution in [0.2, 0.25) is 0 Å². The zero-order valence-corrected chi connectivity index (χ0v) is 19.7. The number of hydrogen-bond donors (Lipinski definition) is 1. The number of benzene rings is 1. The van der Waals surface area contributed by atoms with E-state index >= 15 is 0 Å². The summed E-state index contributed by atoms with van der Waals surface area (Å²) in [5.41, 5.74) is 0.670. The van der Waals surface area contributed by atoms with E-state index in [0.717, 1.165) is 25.7 Å². The number of amides is 2. The van der Waals surface area contributed by atoms with Gasteiger partial charge in [0.25, 0.3) is 5.91 Å². The minimum absolute atomic E-state index is 0.121. The van der Waals surface area contributed by atoms with Crippen molar-refractivity contribution in [1.29, 1.82) is 0 Å². The molecule has 0 saturated heterocycles. The zero-order chi connectivity index (χ0) is 23.0. The molecule has 2 amide bonds. The maximum Gasteiger partial charge on any atom is 0.265 e. The van der Waals surface area contributed by atoms with E-state index in [4.69, 9.17) is 9.15 Å². The van der Waals surface area contributed by atoms with Crippen LogP contribution in [0.5, 0.6) is 5.75 Å². The largest absolute Gasteiger partial charge is 0.494 e. The highest BCUT2D eigenvalue weighted by molar-refractivity contribution is 7.12. The van der Waals surface area contributed by atoms with Gasteiger partial charge in [-0.25, -0.2) is 0 Å². The third-order valence-electron chi connectivity index (χ3n) is 5.92. The first-order chi connectivity index (χ1) is 16.2. The first kappa shape index (κ1) is 23.1. The summed E-state index contributed by atoms with van der Waals surface area (Å²) in [4.78, 5) is 29.7. The zero-order valence-electron chi connectivity index (χ0n) is 18.9. The summed E-state index contributed by atoms with van der Waals surface area (Å²) in [6.45, 7) is 2.54. The normalized spacial score (nSPS) is 15.1. The molecule has 3 aromatic rings. The minimum Gasteiger partial charge on any atom is -0.494 e. The van der Waals surface area contributed by atoms with Gasteiger partial charge in [0.2, 0.25) is 5.91 Å². The van der Waals surface area contributed by atoms with Gasteiger partial charge in [0.05, 0.1) is 24.3 Å². The van der Waals surface area contributed by atoms with Gasteiger partial charge >= 0.3 is 0 Å². The summed E-state index contributed by atoms with van der Waals surface area (Å²) in [6, 6.07) is 14.0. The van der Waals surface area contributed by atoms with Gasteiger partial charge in [-0.1, -0.05) is 43.5 Å². The molecule has 0 unspecified atom stereocenters. The number of para-hydroxylation sites is 1. The fourth-order valence-corrected chi connectivity index (χ4v) is 5.04. The van der Waals surface area contributed by atoms with Gasteiger partial charge in [-0.15, -0.1) is 11.3 Å². The fourth-order valence-electron chi connectivity index (χ4n) is 4.36. The SMILES string of the molecule is CCOc1ccccc1[C@H](C(=O)NC1CCCCC1)N(Cc1ccco1)C(=O)c1cccs1. The van der Waals surface area contributed by atoms with Gasteiger partial charge < -0.3 is 19.4 Å². The van der Waals surface area contributed by atoms with Crippen LogP contribution in [-0.4, -0.2) is 29.4 Å². The molecule has 4 rings (SSSR count). The minimum atomic E-state index is -0.852. The molecule has 2 aromatic heterocycles. The predicted octanol–water partition coefficient (Wildman–Crippen LogP) is 5.57. The standard InChI is InChI=1S/C26H30N2O4S/c1-2-31-22-14-7-6-13-21(22)24(25(29)27-19-10-4-3-5-11-19)28(18-20-12-8-16-32-20)26(30)23-15-9-17-33-23/h6-9,12-17,19,24H,2-5,10-11,18H2,1H3,(H,27,29)/t24-/m1/s1. The van der Waals surface area contributed by atoms with Gasteiger partial charge in [-0.3, -0.25) is 9.59 Å². The number of thiophene rings is 1. The quantitative estimate of drug-likeness (QED) is 0.447. The second-order valence-corrected chi connectivity index (χ2v) is 9.15. The van der Waals surface area contributed by atoms with Crippen LogP contribution in [-0.2, 0) is 11.3 Å². The van der Waals surface area contributed by atoms with Crippen molar-refractivity contribution in [3.63, 3.8) is 0 Å². The van der Waals surface area contributed by atoms with Crippen LogP contribution >= 0.6 is 11.3 Å². The Morgan fingerprint density at radius 3 is 2.64 bits per heavy atom. The van der Waals surface area contributed by atoms with E-state index in [-0.39, 0.29) is 24.4 Å². The average Bonchev–Trinajstić information content (AvgIpc) is 3.55. The van der Waals surface area contributed by atoms with Crippen LogP contribution in [0.4, 0.5) is 0 Å². The number of nitrogens with one attached hydrogen (secondary N) is 1. The van der Waals surface area contributed by atoms with Crippen molar-refractivity contribution >= 4 is 23.2 Å². The van der Waals surface area contributed by atoms with Crippen molar-refractivity contribution in [2.24, 2.45) is 0 Å². The lowest BCUT2D eigenvalue weighted by Gasteiger charge is -2.33. The molecule has 0 aliphatic heterocycles. The Kier molecular flexibility index (Phi) is 7.83. The Labute approximate surface area is 198 Å². The van der Waals surface area contributed by atoms with Crippen LogP contribution in [0.15, 0.2) is 64.6 Å². The summed E-state index contributed by atoms with van der Waals surface area (Å²) in [5.74, 6) is 0.818. The Bertz CT molecular complexity index is 1030. The molecule has 1 fully saturated rings. The molecule has 1 aliphatic rings. The summed E-state index contributed by atoms with van der Waals surface area (Å²) in [6.07, 6.45) is 6.91. The molecule has 6 nitrogen and oxygen atoms in total. The maximum atomic E-state index is 13.8. The van der Waals surface area contributed by atoms with Crippen LogP contribution in [0.25, 0.3) is 0 Å². The second-order valence-electron chi connectivity index (χ2n) is 8.21. The first-order valence-corrected chi connectivity index (χ1v) is 12.4. The van der Waals surface area contributed by atoms with Gasteiger partial charge in [-0.05, 0) is 49.4 Å². The van der Waals surface area contributed by atoms with Crippen molar-refractivity contribution in [3.8, 4) is 5.75 Å². The number of hydrogen-bond acceptors (Lipinski definition) is 5. The lowest BCUT2D eigenvalue weighted by Crippen LogP contribution is -2.46. The molecule has 1 aromatic carbocycles. The smallest absolute Gasteiger partial charge is 0.265 e. The van der Waals surface area contributed by atoms with E-state index in [1.807, 2.05) is 48.7 Å². The number of carbonyl (C=O) groups is 2. The highest BCUT2D eigenvalue weighted by Crippen LogP contribution is 2.33. The molecule has 33 heavy (non-hydrogen) atoms. The number of rotatable bonds is 9. The summed E-state index contributed by atoms with van der Waals surface area (Å²) in [7, 11) is 0. The van der Waals surface area contributed by atoms with Gasteiger partial charge in [-0.2, -0.15) is 0 Å². The second kappa shape index (κ2) is 11.2. The Morgan fingerprint density at radius 1 is 1.12 bits per heavy atom. The third-order valence-corrected chi connectivity index (χ3v) is 6.78. The molecule has 7 heteroatoms. The summed E-state index contributed by atoms with van der Waals surface area (Å²) >= 11 is 1.36. The molecule has 0 bridgehead atoms. The molecule has 0 radical (unpaired) electrons. The van der Waals surface area contributed by atoms with E-state index in [1.165, 1.54) is 17.8 Å². The number of furan rings is 1. The maximum absolute atomic E-state index is 13.8. The average molecular weight is 467 g/mol. The molecule has 1 saturated carbocycles. The Balaban J connectivity index is 1.75. The first-order valence-electron chi connectivity index (χ1n) is 11.6. The molecule has 174 valence electrons. The van der Waals surface area contributed by atoms with Crippen LogP contribution in [0, 0.1) is 0 Å². The van der Waals surface area contributed by atoms with Crippen LogP contribution in [0.3, 0.4) is 0 Å². The van der Waals surface area contributed by atoms with Crippen LogP contribution in [0.1, 0.15) is 66.1 Å². The highest BCUT2D eigenvalue weighted by Gasteiger charge is 2.36. The van der Waals surface area contributed by atoms with E-state index < -0.39 is 6.04 Å². The van der Waals surface area contributed by atoms with Crippen molar-refractivity contribution in [1.82, 2.24) is 10.2 Å². The lowest BCUT2D eigenvalue weighted by molar-refractivity contribution is -0.127. The number of carbonyl (C=O) groups excluding carboxylic acids is 2. The van der Waals surface area contributed by atoms with E-state index in [9.17, 15) is 9.59 Å². The van der Waals surface area contributed by atoms with E-state index in [2.05, 4.69) is 5.32 Å². The molecule has 1 atom stereocenters. The van der Waals surface area contributed by atoms with E-state index in [1.54, 1.807) is 23.3 Å². The fraction of sp³-hybridized carbons (Fsp3) is 0.385. The lowest BCUT2D eigenvalue weighted by atomic mass is 9.94. The molecule has 1 aliphatic carbocycles. The molecular formula is C26H30N2O4S. The Morgan fingerprint density at radius 2 is 1.94 bits per heavy atom. The number of ether oxygens (including phenoxy) is 1. The molecule has 2 heterocycles. The molecule has 1 N–H and O–H groups in total. The van der Waals surface area contributed by atoms with Crippen LogP contribution < -0.4 is 10.1 Å². The molecule has 0 spiro atoms. The number of nitrogens with zero attached hydrogens (tertiary/aromatic N) is 1. The summed E-state index contributed by atoms with van der Waals surface area (Å²) < 4.78 is 11.4. The Hall–Kier alpha value is -3.06.